The lowest BCUT2D eigenvalue weighted by Gasteiger charge is -2.35. The second kappa shape index (κ2) is 5.26. The predicted octanol–water partition coefficient (Wildman–Crippen LogP) is 3.16. The second-order valence-electron chi connectivity index (χ2n) is 7.20. The predicted molar refractivity (Wildman–Crippen MR) is 80.2 cm³/mol. The van der Waals surface area contributed by atoms with Crippen molar-refractivity contribution in [2.75, 3.05) is 0 Å². The zero-order valence-corrected chi connectivity index (χ0v) is 12.4. The van der Waals surface area contributed by atoms with E-state index in [1.54, 1.807) is 0 Å². The van der Waals surface area contributed by atoms with Gasteiger partial charge in [0.25, 0.3) is 0 Å². The molecule has 0 aliphatic heterocycles. The molecule has 3 N–H and O–H groups in total. The van der Waals surface area contributed by atoms with E-state index >= 15 is 0 Å². The lowest BCUT2D eigenvalue weighted by atomic mass is 9.78. The number of benzene rings is 1. The first-order valence-electron chi connectivity index (χ1n) is 7.36. The van der Waals surface area contributed by atoms with Crippen molar-refractivity contribution in [3.05, 3.63) is 35.4 Å². The number of rotatable bonds is 2. The monoisotopic (exact) mass is 261 g/mol. The first-order chi connectivity index (χ1) is 8.78. The van der Waals surface area contributed by atoms with Gasteiger partial charge in [-0.2, -0.15) is 0 Å². The number of aliphatic hydroxyl groups is 1. The van der Waals surface area contributed by atoms with Crippen molar-refractivity contribution in [2.24, 2.45) is 5.73 Å². The molecular formula is C17H27NO. The Labute approximate surface area is 117 Å². The van der Waals surface area contributed by atoms with Crippen LogP contribution >= 0.6 is 0 Å². The number of nitrogens with two attached hydrogens (primary N) is 1. The summed E-state index contributed by atoms with van der Waals surface area (Å²) in [6, 6.07) is 8.83. The van der Waals surface area contributed by atoms with E-state index in [2.05, 4.69) is 45.0 Å². The van der Waals surface area contributed by atoms with Gasteiger partial charge in [-0.05, 0) is 42.2 Å². The molecule has 0 spiro atoms. The number of hydrogen-bond acceptors (Lipinski definition) is 2. The average molecular weight is 261 g/mol. The summed E-state index contributed by atoms with van der Waals surface area (Å²) in [5.41, 5.74) is 8.12. The molecule has 0 saturated heterocycles. The fourth-order valence-corrected chi connectivity index (χ4v) is 3.05. The van der Waals surface area contributed by atoms with Crippen molar-refractivity contribution in [3.8, 4) is 0 Å². The molecule has 2 rings (SSSR count). The molecule has 2 atom stereocenters. The van der Waals surface area contributed by atoms with Crippen LogP contribution in [0, 0.1) is 0 Å². The molecule has 2 unspecified atom stereocenters. The summed E-state index contributed by atoms with van der Waals surface area (Å²) in [6.45, 7) is 6.65. The van der Waals surface area contributed by atoms with Gasteiger partial charge in [0.15, 0.2) is 0 Å². The smallest absolute Gasteiger partial charge is 0.0702 e. The highest BCUT2D eigenvalue weighted by Gasteiger charge is 2.32. The van der Waals surface area contributed by atoms with Crippen molar-refractivity contribution in [2.45, 2.75) is 69.9 Å². The SMILES string of the molecule is CC(C)(C)c1ccc(CC2(O)CCCC(N)C2)cc1. The highest BCUT2D eigenvalue weighted by atomic mass is 16.3. The van der Waals surface area contributed by atoms with Gasteiger partial charge in [-0.1, -0.05) is 45.0 Å². The van der Waals surface area contributed by atoms with Crippen LogP contribution in [0.2, 0.25) is 0 Å². The van der Waals surface area contributed by atoms with E-state index < -0.39 is 5.60 Å². The normalized spacial score (nSPS) is 28.4. The Hall–Kier alpha value is -0.860. The van der Waals surface area contributed by atoms with Crippen molar-refractivity contribution in [1.29, 1.82) is 0 Å². The fraction of sp³-hybridized carbons (Fsp3) is 0.647. The summed E-state index contributed by atoms with van der Waals surface area (Å²) >= 11 is 0. The Bertz CT molecular complexity index is 418. The first kappa shape index (κ1) is 14.5. The van der Waals surface area contributed by atoms with Crippen LogP contribution in [0.5, 0.6) is 0 Å². The summed E-state index contributed by atoms with van der Waals surface area (Å²) in [5.74, 6) is 0. The Kier molecular flexibility index (Phi) is 4.03. The van der Waals surface area contributed by atoms with E-state index in [0.29, 0.717) is 0 Å². The van der Waals surface area contributed by atoms with Crippen molar-refractivity contribution < 1.29 is 5.11 Å². The van der Waals surface area contributed by atoms with Gasteiger partial charge < -0.3 is 10.8 Å². The summed E-state index contributed by atoms with van der Waals surface area (Å²) in [5, 5.41) is 10.6. The molecule has 0 heterocycles. The largest absolute Gasteiger partial charge is 0.389 e. The summed E-state index contributed by atoms with van der Waals surface area (Å²) in [4.78, 5) is 0. The maximum atomic E-state index is 10.6. The van der Waals surface area contributed by atoms with E-state index in [1.807, 2.05) is 0 Å². The van der Waals surface area contributed by atoms with Gasteiger partial charge in [0, 0.05) is 12.5 Å². The lowest BCUT2D eigenvalue weighted by Crippen LogP contribution is -2.42. The summed E-state index contributed by atoms with van der Waals surface area (Å²) in [6.07, 6.45) is 4.42. The van der Waals surface area contributed by atoms with Crippen LogP contribution < -0.4 is 5.73 Å². The molecule has 0 aromatic heterocycles. The van der Waals surface area contributed by atoms with Gasteiger partial charge in [-0.3, -0.25) is 0 Å². The van der Waals surface area contributed by atoms with Crippen LogP contribution in [0.25, 0.3) is 0 Å². The average Bonchev–Trinajstić information content (AvgIpc) is 2.27. The molecule has 2 nitrogen and oxygen atoms in total. The zero-order valence-electron chi connectivity index (χ0n) is 12.4. The Morgan fingerprint density at radius 3 is 2.42 bits per heavy atom. The van der Waals surface area contributed by atoms with Gasteiger partial charge in [-0.25, -0.2) is 0 Å². The molecule has 0 amide bonds. The molecule has 106 valence electrons. The minimum Gasteiger partial charge on any atom is -0.389 e. The molecule has 19 heavy (non-hydrogen) atoms. The van der Waals surface area contributed by atoms with Crippen LogP contribution in [0.4, 0.5) is 0 Å². The van der Waals surface area contributed by atoms with Gasteiger partial charge >= 0.3 is 0 Å². The Morgan fingerprint density at radius 2 is 1.89 bits per heavy atom. The van der Waals surface area contributed by atoms with Crippen molar-refractivity contribution >= 4 is 0 Å². The maximum absolute atomic E-state index is 10.6. The molecule has 1 aliphatic rings. The Morgan fingerprint density at radius 1 is 1.26 bits per heavy atom. The minimum atomic E-state index is -0.596. The highest BCUT2D eigenvalue weighted by Crippen LogP contribution is 2.31. The molecule has 1 aromatic rings. The van der Waals surface area contributed by atoms with Crippen LogP contribution in [0.3, 0.4) is 0 Å². The quantitative estimate of drug-likeness (QED) is 0.859. The van der Waals surface area contributed by atoms with Crippen LogP contribution in [-0.2, 0) is 11.8 Å². The van der Waals surface area contributed by atoms with Crippen molar-refractivity contribution in [3.63, 3.8) is 0 Å². The van der Waals surface area contributed by atoms with Gasteiger partial charge in [0.2, 0.25) is 0 Å². The molecule has 0 bridgehead atoms. The third-order valence-electron chi connectivity index (χ3n) is 4.21. The van der Waals surface area contributed by atoms with E-state index in [0.717, 1.165) is 32.1 Å². The molecule has 2 heteroatoms. The summed E-state index contributed by atoms with van der Waals surface area (Å²) < 4.78 is 0. The summed E-state index contributed by atoms with van der Waals surface area (Å²) in [7, 11) is 0. The standard InChI is InChI=1S/C17H27NO/c1-16(2,3)14-8-6-13(7-9-14)11-17(19)10-4-5-15(18)12-17/h6-9,15,19H,4-5,10-12,18H2,1-3H3. The van der Waals surface area contributed by atoms with Gasteiger partial charge in [-0.15, -0.1) is 0 Å². The molecular weight excluding hydrogens is 234 g/mol. The van der Waals surface area contributed by atoms with E-state index in [1.165, 1.54) is 11.1 Å². The van der Waals surface area contributed by atoms with Gasteiger partial charge in [0.1, 0.15) is 0 Å². The second-order valence-corrected chi connectivity index (χ2v) is 7.20. The third kappa shape index (κ3) is 3.80. The molecule has 1 aliphatic carbocycles. The van der Waals surface area contributed by atoms with Gasteiger partial charge in [0.05, 0.1) is 5.60 Å². The van der Waals surface area contributed by atoms with Crippen LogP contribution in [0.15, 0.2) is 24.3 Å². The molecule has 1 fully saturated rings. The van der Waals surface area contributed by atoms with E-state index in [9.17, 15) is 5.11 Å². The minimum absolute atomic E-state index is 0.160. The topological polar surface area (TPSA) is 46.2 Å². The number of hydrogen-bond donors (Lipinski definition) is 2. The lowest BCUT2D eigenvalue weighted by molar-refractivity contribution is -0.00190. The van der Waals surface area contributed by atoms with E-state index in [4.69, 9.17) is 5.73 Å². The maximum Gasteiger partial charge on any atom is 0.0702 e. The molecule has 1 saturated carbocycles. The highest BCUT2D eigenvalue weighted by molar-refractivity contribution is 5.28. The third-order valence-corrected chi connectivity index (χ3v) is 4.21. The van der Waals surface area contributed by atoms with E-state index in [-0.39, 0.29) is 11.5 Å². The molecule has 1 aromatic carbocycles. The van der Waals surface area contributed by atoms with Crippen LogP contribution in [0.1, 0.15) is 57.6 Å². The first-order valence-corrected chi connectivity index (χ1v) is 7.36. The molecule has 0 radical (unpaired) electrons. The van der Waals surface area contributed by atoms with Crippen molar-refractivity contribution in [1.82, 2.24) is 0 Å². The zero-order chi connectivity index (χ0) is 14.1. The fourth-order valence-electron chi connectivity index (χ4n) is 3.05. The van der Waals surface area contributed by atoms with Crippen LogP contribution in [-0.4, -0.2) is 16.7 Å². The Balaban J connectivity index is 2.07.